The van der Waals surface area contributed by atoms with Crippen LogP contribution in [-0.2, 0) is 13.5 Å². The van der Waals surface area contributed by atoms with Gasteiger partial charge in [-0.1, -0.05) is 22.9 Å². The van der Waals surface area contributed by atoms with E-state index < -0.39 is 0 Å². The highest BCUT2D eigenvalue weighted by Gasteiger charge is 2.19. The van der Waals surface area contributed by atoms with Crippen molar-refractivity contribution < 1.29 is 4.79 Å². The number of nitrogens with two attached hydrogens (primary N) is 1. The summed E-state index contributed by atoms with van der Waals surface area (Å²) < 4.78 is 3.23. The second-order valence-electron chi connectivity index (χ2n) is 4.26. The maximum absolute atomic E-state index is 12.3. The summed E-state index contributed by atoms with van der Waals surface area (Å²) in [6.07, 6.45) is 0.689. The second kappa shape index (κ2) is 5.97. The predicted octanol–water partition coefficient (Wildman–Crippen LogP) is 3.34. The van der Waals surface area contributed by atoms with Gasteiger partial charge >= 0.3 is 0 Å². The zero-order chi connectivity index (χ0) is 14.9. The van der Waals surface area contributed by atoms with Crippen LogP contribution < -0.4 is 11.1 Å². The number of carbonyl (C=O) groups is 1. The molecule has 0 radical (unpaired) electrons. The summed E-state index contributed by atoms with van der Waals surface area (Å²) in [4.78, 5) is 12.3. The van der Waals surface area contributed by atoms with Crippen LogP contribution in [-0.4, -0.2) is 15.7 Å². The van der Waals surface area contributed by atoms with Crippen LogP contribution >= 0.6 is 31.9 Å². The van der Waals surface area contributed by atoms with E-state index in [1.807, 2.05) is 19.1 Å². The first-order valence-electron chi connectivity index (χ1n) is 6.01. The van der Waals surface area contributed by atoms with Crippen LogP contribution in [0.1, 0.15) is 23.1 Å². The second-order valence-corrected chi connectivity index (χ2v) is 6.03. The van der Waals surface area contributed by atoms with Gasteiger partial charge in [-0.05, 0) is 40.5 Å². The van der Waals surface area contributed by atoms with Gasteiger partial charge in [0.2, 0.25) is 0 Å². The Labute approximate surface area is 133 Å². The van der Waals surface area contributed by atoms with Crippen molar-refractivity contribution in [3.8, 4) is 0 Å². The molecule has 1 amide bonds. The molecular formula is C13H14Br2N4O. The predicted molar refractivity (Wildman–Crippen MR) is 86.8 cm³/mol. The normalized spacial score (nSPS) is 10.6. The van der Waals surface area contributed by atoms with Crippen molar-refractivity contribution in [1.29, 1.82) is 0 Å². The maximum Gasteiger partial charge on any atom is 0.276 e. The summed E-state index contributed by atoms with van der Waals surface area (Å²) in [7, 11) is 1.71. The number of hydrogen-bond acceptors (Lipinski definition) is 3. The minimum Gasteiger partial charge on any atom is -0.395 e. The summed E-state index contributed by atoms with van der Waals surface area (Å²) in [5.74, 6) is -0.278. The van der Waals surface area contributed by atoms with Gasteiger partial charge in [-0.25, -0.2) is 0 Å². The molecule has 0 aliphatic carbocycles. The molecule has 1 aromatic carbocycles. The van der Waals surface area contributed by atoms with Crippen LogP contribution in [0.5, 0.6) is 0 Å². The third-order valence-corrected chi connectivity index (χ3v) is 4.04. The van der Waals surface area contributed by atoms with Crippen molar-refractivity contribution in [1.82, 2.24) is 9.78 Å². The van der Waals surface area contributed by atoms with E-state index in [0.717, 1.165) is 14.6 Å². The zero-order valence-electron chi connectivity index (χ0n) is 11.1. The number of nitrogen functional groups attached to an aromatic ring is 1. The van der Waals surface area contributed by atoms with Crippen molar-refractivity contribution in [3.63, 3.8) is 0 Å². The molecule has 0 aliphatic heterocycles. The van der Waals surface area contributed by atoms with E-state index in [1.54, 1.807) is 13.1 Å². The third-order valence-electron chi connectivity index (χ3n) is 2.89. The van der Waals surface area contributed by atoms with Crippen molar-refractivity contribution in [2.45, 2.75) is 13.3 Å². The Bertz CT molecular complexity index is 667. The van der Waals surface area contributed by atoms with E-state index in [9.17, 15) is 4.79 Å². The largest absolute Gasteiger partial charge is 0.395 e. The molecular weight excluding hydrogens is 388 g/mol. The monoisotopic (exact) mass is 400 g/mol. The Morgan fingerprint density at radius 2 is 2.15 bits per heavy atom. The Kier molecular flexibility index (Phi) is 4.49. The highest BCUT2D eigenvalue weighted by molar-refractivity contribution is 9.11. The number of hydrogen-bond donors (Lipinski definition) is 2. The molecule has 0 bridgehead atoms. The Morgan fingerprint density at radius 1 is 1.45 bits per heavy atom. The number of amides is 1. The van der Waals surface area contributed by atoms with Crippen LogP contribution in [0.2, 0.25) is 0 Å². The first-order valence-corrected chi connectivity index (χ1v) is 7.60. The molecule has 1 heterocycles. The number of carbonyl (C=O) groups excluding carboxylic acids is 1. The van der Waals surface area contributed by atoms with E-state index in [-0.39, 0.29) is 5.91 Å². The number of benzene rings is 1. The fourth-order valence-electron chi connectivity index (χ4n) is 1.90. The Morgan fingerprint density at radius 3 is 2.70 bits per heavy atom. The zero-order valence-corrected chi connectivity index (χ0v) is 14.2. The number of aromatic nitrogens is 2. The summed E-state index contributed by atoms with van der Waals surface area (Å²) in [6.45, 7) is 1.95. The molecule has 2 rings (SSSR count). The van der Waals surface area contributed by atoms with Gasteiger partial charge in [-0.15, -0.1) is 0 Å². The fourth-order valence-corrected chi connectivity index (χ4v) is 3.04. The minimum absolute atomic E-state index is 0.278. The molecule has 1 aromatic heterocycles. The van der Waals surface area contributed by atoms with Crippen molar-refractivity contribution in [2.24, 2.45) is 7.05 Å². The van der Waals surface area contributed by atoms with Gasteiger partial charge in [-0.3, -0.25) is 9.48 Å². The molecule has 7 heteroatoms. The minimum atomic E-state index is -0.278. The molecule has 2 aromatic rings. The quantitative estimate of drug-likeness (QED) is 0.828. The van der Waals surface area contributed by atoms with Gasteiger partial charge < -0.3 is 11.1 Å². The molecule has 3 N–H and O–H groups in total. The summed E-state index contributed by atoms with van der Waals surface area (Å²) >= 11 is 6.77. The van der Waals surface area contributed by atoms with Gasteiger partial charge in [0.1, 0.15) is 5.69 Å². The molecule has 0 saturated carbocycles. The lowest BCUT2D eigenvalue weighted by Crippen LogP contribution is -2.17. The molecule has 0 aliphatic rings. The first kappa shape index (κ1) is 15.1. The van der Waals surface area contributed by atoms with Crippen molar-refractivity contribution >= 4 is 49.1 Å². The average molecular weight is 402 g/mol. The van der Waals surface area contributed by atoms with E-state index >= 15 is 0 Å². The van der Waals surface area contributed by atoms with Gasteiger partial charge in [0, 0.05) is 16.0 Å². The molecule has 0 spiro atoms. The summed E-state index contributed by atoms with van der Waals surface area (Å²) in [6, 6.07) is 5.52. The lowest BCUT2D eigenvalue weighted by atomic mass is 10.2. The highest BCUT2D eigenvalue weighted by atomic mass is 79.9. The smallest absolute Gasteiger partial charge is 0.276 e. The molecule has 0 atom stereocenters. The molecule has 106 valence electrons. The number of anilines is 2. The van der Waals surface area contributed by atoms with Crippen LogP contribution in [0.4, 0.5) is 11.4 Å². The van der Waals surface area contributed by atoms with Gasteiger partial charge in [-0.2, -0.15) is 5.10 Å². The SMILES string of the molecule is CCc1nn(C)c(C(=O)Nc2ccc(Br)cc2Br)c1N. The summed E-state index contributed by atoms with van der Waals surface area (Å²) in [5.41, 5.74) is 8.18. The first-order chi connectivity index (χ1) is 9.43. The number of nitrogens with one attached hydrogen (secondary N) is 1. The Hall–Kier alpha value is -1.34. The molecule has 0 fully saturated rings. The lowest BCUT2D eigenvalue weighted by molar-refractivity contribution is 0.101. The van der Waals surface area contributed by atoms with Gasteiger partial charge in [0.05, 0.1) is 17.1 Å². The topological polar surface area (TPSA) is 72.9 Å². The van der Waals surface area contributed by atoms with Gasteiger partial charge in [0.25, 0.3) is 5.91 Å². The molecule has 0 unspecified atom stereocenters. The third kappa shape index (κ3) is 2.88. The average Bonchev–Trinajstić information content (AvgIpc) is 2.67. The van der Waals surface area contributed by atoms with E-state index in [0.29, 0.717) is 23.5 Å². The van der Waals surface area contributed by atoms with Crippen LogP contribution in [0.15, 0.2) is 27.1 Å². The Balaban J connectivity index is 2.31. The number of aryl methyl sites for hydroxylation is 2. The van der Waals surface area contributed by atoms with Gasteiger partial charge in [0.15, 0.2) is 0 Å². The molecule has 20 heavy (non-hydrogen) atoms. The van der Waals surface area contributed by atoms with Crippen LogP contribution in [0.25, 0.3) is 0 Å². The van der Waals surface area contributed by atoms with E-state index in [2.05, 4.69) is 42.3 Å². The van der Waals surface area contributed by atoms with E-state index in [4.69, 9.17) is 5.73 Å². The fraction of sp³-hybridized carbons (Fsp3) is 0.231. The summed E-state index contributed by atoms with van der Waals surface area (Å²) in [5, 5.41) is 7.06. The number of halogens is 2. The number of nitrogens with zero attached hydrogens (tertiary/aromatic N) is 2. The van der Waals surface area contributed by atoms with E-state index in [1.165, 1.54) is 4.68 Å². The van der Waals surface area contributed by atoms with Crippen LogP contribution in [0.3, 0.4) is 0 Å². The highest BCUT2D eigenvalue weighted by Crippen LogP contribution is 2.27. The van der Waals surface area contributed by atoms with Crippen molar-refractivity contribution in [3.05, 3.63) is 38.5 Å². The molecule has 0 saturated heterocycles. The standard InChI is InChI=1S/C13H14Br2N4O/c1-3-9-11(16)12(19(2)18-9)13(20)17-10-5-4-7(14)6-8(10)15/h4-6H,3,16H2,1-2H3,(H,17,20). The maximum atomic E-state index is 12.3. The molecule has 5 nitrogen and oxygen atoms in total. The number of rotatable bonds is 3. The van der Waals surface area contributed by atoms with Crippen LogP contribution in [0, 0.1) is 0 Å². The van der Waals surface area contributed by atoms with Crippen molar-refractivity contribution in [2.75, 3.05) is 11.1 Å². The lowest BCUT2D eigenvalue weighted by Gasteiger charge is -2.08.